The predicted octanol–water partition coefficient (Wildman–Crippen LogP) is 7.20. The van der Waals surface area contributed by atoms with E-state index in [0.29, 0.717) is 24.6 Å². The first kappa shape index (κ1) is 42.2. The van der Waals surface area contributed by atoms with Gasteiger partial charge >= 0.3 is 30.1 Å². The predicted molar refractivity (Wildman–Crippen MR) is 209 cm³/mol. The number of aromatic nitrogens is 6. The summed E-state index contributed by atoms with van der Waals surface area (Å²) in [6, 6.07) is 24.4. The summed E-state index contributed by atoms with van der Waals surface area (Å²) in [4.78, 5) is 60.3. The minimum Gasteiger partial charge on any atom is -0.478 e. The van der Waals surface area contributed by atoms with E-state index in [2.05, 4.69) is 20.1 Å². The topological polar surface area (TPSA) is 189 Å². The first-order valence-corrected chi connectivity index (χ1v) is 18.4. The van der Waals surface area contributed by atoms with Gasteiger partial charge < -0.3 is 24.3 Å². The summed E-state index contributed by atoms with van der Waals surface area (Å²) >= 11 is 0. The van der Waals surface area contributed by atoms with Crippen molar-refractivity contribution >= 4 is 36.0 Å². The third-order valence-corrected chi connectivity index (χ3v) is 9.25. The highest BCUT2D eigenvalue weighted by Crippen LogP contribution is 2.40. The van der Waals surface area contributed by atoms with E-state index in [9.17, 15) is 42.6 Å². The molecule has 7 rings (SSSR count). The lowest BCUT2D eigenvalue weighted by Crippen LogP contribution is -2.45. The van der Waals surface area contributed by atoms with Gasteiger partial charge in [0.25, 0.3) is 0 Å². The first-order chi connectivity index (χ1) is 28.7. The number of ether oxygens (including phenoxy) is 2. The number of carbonyl (C=O) groups excluding carboxylic acids is 2. The fourth-order valence-electron chi connectivity index (χ4n) is 6.44. The number of rotatable bonds is 11. The monoisotopic (exact) mass is 822 g/mol. The van der Waals surface area contributed by atoms with Crippen LogP contribution in [0, 0.1) is 13.8 Å². The van der Waals surface area contributed by atoms with E-state index in [1.807, 2.05) is 42.8 Å². The number of benzene rings is 3. The number of carbonyl (C=O) groups is 4. The molecule has 1 aliphatic rings. The van der Waals surface area contributed by atoms with Crippen LogP contribution in [0.15, 0.2) is 110 Å². The Labute approximate surface area is 340 Å². The van der Waals surface area contributed by atoms with Gasteiger partial charge in [-0.1, -0.05) is 54.6 Å². The van der Waals surface area contributed by atoms with Crippen molar-refractivity contribution in [2.75, 3.05) is 0 Å². The highest BCUT2D eigenvalue weighted by Gasteiger charge is 2.41. The van der Waals surface area contributed by atoms with Crippen molar-refractivity contribution in [2.24, 2.45) is 0 Å². The molecular weight excluding hydrogens is 786 g/mol. The van der Waals surface area contributed by atoms with Crippen LogP contribution in [0.5, 0.6) is 0 Å². The number of esters is 2. The molecule has 308 valence electrons. The average Bonchev–Trinajstić information content (AvgIpc) is 3.87. The van der Waals surface area contributed by atoms with Crippen molar-refractivity contribution < 1.29 is 52.0 Å². The van der Waals surface area contributed by atoms with Gasteiger partial charge in [-0.05, 0) is 86.9 Å². The third-order valence-electron chi connectivity index (χ3n) is 9.25. The zero-order valence-electron chi connectivity index (χ0n) is 32.1. The zero-order valence-corrected chi connectivity index (χ0v) is 32.1. The van der Waals surface area contributed by atoms with Gasteiger partial charge in [0.15, 0.2) is 5.82 Å². The molecule has 0 saturated heterocycles. The summed E-state index contributed by atoms with van der Waals surface area (Å²) in [5, 5.41) is 23.0. The van der Waals surface area contributed by atoms with Crippen molar-refractivity contribution in [2.45, 2.75) is 57.5 Å². The molecule has 2 N–H and O–H groups in total. The molecule has 0 fully saturated rings. The lowest BCUT2D eigenvalue weighted by atomic mass is 9.88. The van der Waals surface area contributed by atoms with E-state index in [1.54, 1.807) is 41.4 Å². The van der Waals surface area contributed by atoms with Gasteiger partial charge in [0.05, 0.1) is 45.8 Å². The number of pyridine rings is 1. The van der Waals surface area contributed by atoms with Gasteiger partial charge in [-0.3, -0.25) is 4.98 Å². The number of hydrogen-bond donors (Lipinski definition) is 2. The Morgan fingerprint density at radius 2 is 1.37 bits per heavy atom. The number of fused-ring (bicyclic) bond motifs is 1. The van der Waals surface area contributed by atoms with Crippen molar-refractivity contribution in [3.8, 4) is 5.69 Å². The highest BCUT2D eigenvalue weighted by molar-refractivity contribution is 5.95. The maximum absolute atomic E-state index is 13.6. The fourth-order valence-corrected chi connectivity index (χ4v) is 6.44. The largest absolute Gasteiger partial charge is 0.478 e. The lowest BCUT2D eigenvalue weighted by molar-refractivity contribution is -0.166. The number of carboxylic acids is 2. The number of hydrogen-bond acceptors (Lipinski definition) is 10. The van der Waals surface area contributed by atoms with Gasteiger partial charge in [-0.15, -0.1) is 0 Å². The molecule has 1 aliphatic heterocycles. The molecule has 0 radical (unpaired) electrons. The molecule has 3 aromatic carbocycles. The second kappa shape index (κ2) is 18.4. The standard InChI is InChI=1S/C25H23F3N6.C18H14O8/c1-16-14-33(15-29-16)22-11-9-18(30-17(22)2)10-12-23-31-24-20(7-5-13-34(24)32-23)19-6-3-4-8-21(19)25(26,27)28;19-15(20)13(25-17(23)11-7-3-1-4-8-11)14(16(21)22)26-18(24)12-9-5-2-6-10-12/h3-4,6,8-12,14-15,20H,5,7,13H2,1-2H3;1-10,13-14H,(H,19,20)(H,21,22)/b12-10+;/t;13-,14-/m.0/s1. The number of aliphatic carboxylic acids is 2. The van der Waals surface area contributed by atoms with Crippen LogP contribution in [0.4, 0.5) is 13.2 Å². The molecule has 0 amide bonds. The molecule has 17 heteroatoms. The van der Waals surface area contributed by atoms with E-state index in [-0.39, 0.29) is 16.7 Å². The molecule has 3 aromatic heterocycles. The van der Waals surface area contributed by atoms with Crippen LogP contribution in [0.25, 0.3) is 17.8 Å². The average molecular weight is 823 g/mol. The molecule has 0 aliphatic carbocycles. The van der Waals surface area contributed by atoms with Gasteiger partial charge in [0.2, 0.25) is 12.2 Å². The Kier molecular flexibility index (Phi) is 13.0. The van der Waals surface area contributed by atoms with E-state index in [0.717, 1.165) is 35.3 Å². The summed E-state index contributed by atoms with van der Waals surface area (Å²) in [7, 11) is 0. The van der Waals surface area contributed by atoms with Crippen molar-refractivity contribution in [1.82, 2.24) is 29.3 Å². The Balaban J connectivity index is 0.000000209. The van der Waals surface area contributed by atoms with Gasteiger partial charge in [-0.2, -0.15) is 18.3 Å². The van der Waals surface area contributed by atoms with Gasteiger partial charge in [0, 0.05) is 18.7 Å². The molecule has 1 unspecified atom stereocenters. The van der Waals surface area contributed by atoms with Crippen LogP contribution < -0.4 is 0 Å². The second-order valence-corrected chi connectivity index (χ2v) is 13.5. The fraction of sp³-hybridized carbons (Fsp3) is 0.209. The molecule has 3 atom stereocenters. The molecular formula is C43H37F3N6O8. The minimum absolute atomic E-state index is 0.0253. The van der Waals surface area contributed by atoms with Gasteiger partial charge in [-0.25, -0.2) is 33.8 Å². The summed E-state index contributed by atoms with van der Waals surface area (Å²) < 4.78 is 54.0. The summed E-state index contributed by atoms with van der Waals surface area (Å²) in [6.07, 6.45) is -0.240. The van der Waals surface area contributed by atoms with E-state index >= 15 is 0 Å². The molecule has 0 bridgehead atoms. The summed E-state index contributed by atoms with van der Waals surface area (Å²) in [5.74, 6) is -5.05. The Morgan fingerprint density at radius 1 is 0.783 bits per heavy atom. The maximum Gasteiger partial charge on any atom is 0.416 e. The van der Waals surface area contributed by atoms with Crippen LogP contribution in [0.1, 0.15) is 79.3 Å². The number of carboxylic acid groups (broad SMARTS) is 2. The molecule has 14 nitrogen and oxygen atoms in total. The third kappa shape index (κ3) is 10.2. The maximum atomic E-state index is 13.6. The normalized spacial score (nSPS) is 14.6. The van der Waals surface area contributed by atoms with Gasteiger partial charge in [0.1, 0.15) is 5.82 Å². The SMILES string of the molecule is Cc1cn(-c2ccc(/C=C/c3nc4n(n3)CCCC4c3ccccc3C(F)(F)F)nc2C)cn1.O=C(O[C@H](C(=O)O)[C@H](OC(=O)c1ccccc1)C(=O)O)c1ccccc1. The van der Waals surface area contributed by atoms with Crippen LogP contribution in [0.2, 0.25) is 0 Å². The Morgan fingerprint density at radius 3 is 1.90 bits per heavy atom. The van der Waals surface area contributed by atoms with E-state index in [4.69, 9.17) is 9.47 Å². The number of nitrogens with zero attached hydrogens (tertiary/aromatic N) is 6. The van der Waals surface area contributed by atoms with Crippen molar-refractivity contribution in [1.29, 1.82) is 0 Å². The lowest BCUT2D eigenvalue weighted by Gasteiger charge is -2.25. The molecule has 0 saturated carbocycles. The zero-order chi connectivity index (χ0) is 43.0. The first-order valence-electron chi connectivity index (χ1n) is 18.4. The van der Waals surface area contributed by atoms with Crippen molar-refractivity contribution in [3.05, 3.63) is 161 Å². The smallest absolute Gasteiger partial charge is 0.416 e. The second-order valence-electron chi connectivity index (χ2n) is 13.5. The number of imidazole rings is 1. The van der Waals surface area contributed by atoms with Crippen LogP contribution in [-0.2, 0) is 31.8 Å². The summed E-state index contributed by atoms with van der Waals surface area (Å²) in [5.41, 5.74) is 3.15. The minimum atomic E-state index is -4.41. The van der Waals surface area contributed by atoms with Crippen LogP contribution >= 0.6 is 0 Å². The van der Waals surface area contributed by atoms with Crippen molar-refractivity contribution in [3.63, 3.8) is 0 Å². The quantitative estimate of drug-likeness (QED) is 0.125. The van der Waals surface area contributed by atoms with E-state index < -0.39 is 53.7 Å². The number of alkyl halides is 3. The Bertz CT molecular complexity index is 2450. The van der Waals surface area contributed by atoms with Crippen LogP contribution in [0.3, 0.4) is 0 Å². The molecule has 4 heterocycles. The van der Waals surface area contributed by atoms with E-state index in [1.165, 1.54) is 54.6 Å². The molecule has 60 heavy (non-hydrogen) atoms. The molecule has 6 aromatic rings. The number of halogens is 3. The highest BCUT2D eigenvalue weighted by atomic mass is 19.4. The number of aryl methyl sites for hydroxylation is 3. The summed E-state index contributed by atoms with van der Waals surface area (Å²) in [6.45, 7) is 4.50. The Hall–Kier alpha value is -7.43. The van der Waals surface area contributed by atoms with Crippen LogP contribution in [-0.4, -0.2) is 75.6 Å². The molecule has 0 spiro atoms.